The third-order valence-electron chi connectivity index (χ3n) is 0.585. The zero-order valence-electron chi connectivity index (χ0n) is 16.4. The van der Waals surface area contributed by atoms with Gasteiger partial charge in [0.1, 0.15) is 0 Å². The molecule has 0 aliphatic heterocycles. The molecule has 0 aromatic rings. The van der Waals surface area contributed by atoms with Crippen molar-refractivity contribution in [2.24, 2.45) is 0 Å². The molecule has 0 saturated carbocycles. The van der Waals surface area contributed by atoms with E-state index < -0.39 is 47.4 Å². The first-order valence-electron chi connectivity index (χ1n) is 5.40. The molecule has 6 N–H and O–H groups in total. The molecule has 0 amide bonds. The normalized spacial score (nSPS) is 18.8. The summed E-state index contributed by atoms with van der Waals surface area (Å²) < 4.78 is 131. The first kappa shape index (κ1) is 59.3. The fourth-order valence-corrected chi connectivity index (χ4v) is 0. The number of hydrogen-bond donors (Lipinski definition) is 6. The van der Waals surface area contributed by atoms with Gasteiger partial charge in [0.25, 0.3) is 0 Å². The molecule has 0 heterocycles. The van der Waals surface area contributed by atoms with Crippen LogP contribution in [0.1, 0.15) is 0 Å². The van der Waals surface area contributed by atoms with E-state index in [9.17, 15) is 25.2 Å². The summed E-state index contributed by atoms with van der Waals surface area (Å²) in [5.41, 5.74) is 0. The summed E-state index contributed by atoms with van der Waals surface area (Å²) in [5, 5.41) is 41.7. The van der Waals surface area contributed by atoms with E-state index in [4.69, 9.17) is 88.3 Å². The van der Waals surface area contributed by atoms with Crippen molar-refractivity contribution in [3.63, 3.8) is 0 Å². The van der Waals surface area contributed by atoms with E-state index in [-0.39, 0.29) is 48.1 Å². The van der Waals surface area contributed by atoms with Gasteiger partial charge in [-0.15, -0.1) is 0 Å². The fraction of sp³-hybridized carbons (Fsp3) is 0. The van der Waals surface area contributed by atoms with Crippen molar-refractivity contribution < 1.29 is 190 Å². The molecule has 1 radical (unpaired) electrons. The summed E-state index contributed by atoms with van der Waals surface area (Å²) in [6.45, 7) is 0. The van der Waals surface area contributed by atoms with Gasteiger partial charge in [-0.25, -0.2) is 31.5 Å². The van der Waals surface area contributed by atoms with Gasteiger partial charge in [-0.2, -0.15) is 53.2 Å². The number of halogens is 6. The molecule has 6 atom stereocenters. The summed E-state index contributed by atoms with van der Waals surface area (Å²) in [6.07, 6.45) is 0. The van der Waals surface area contributed by atoms with Crippen molar-refractivity contribution in [1.29, 1.82) is 0 Å². The minimum atomic E-state index is -5.34. The molecule has 38 heavy (non-hydrogen) atoms. The van der Waals surface area contributed by atoms with Gasteiger partial charge < -0.3 is 29.4 Å². The Labute approximate surface area is 236 Å². The van der Waals surface area contributed by atoms with Crippen LogP contribution in [0.2, 0.25) is 0 Å². The zero-order chi connectivity index (χ0) is 31.2. The van der Waals surface area contributed by atoms with Crippen molar-refractivity contribution in [2.45, 2.75) is 0 Å². The van der Waals surface area contributed by atoms with Gasteiger partial charge in [0.05, 0.1) is 0 Å². The fourth-order valence-electron chi connectivity index (χ4n) is 0. The van der Waals surface area contributed by atoms with E-state index in [1.54, 1.807) is 0 Å². The average Bonchev–Trinajstić information content (AvgIpc) is 2.67. The van der Waals surface area contributed by atoms with Gasteiger partial charge in [-0.05, 0) is 0 Å². The van der Waals surface area contributed by atoms with E-state index in [2.05, 4.69) is 28.0 Å². The van der Waals surface area contributed by atoms with Crippen LogP contribution in [0.25, 0.3) is 0 Å². The quantitative estimate of drug-likeness (QED) is 0.0502. The summed E-state index contributed by atoms with van der Waals surface area (Å²) in [6, 6.07) is 0. The van der Waals surface area contributed by atoms with Crippen LogP contribution in [0.4, 0.5) is 25.2 Å². The molecule has 0 aromatic heterocycles. The smallest absolute Gasteiger partial charge is 0.751 e. The second kappa shape index (κ2) is 28.9. The van der Waals surface area contributed by atoms with Crippen LogP contribution in [0.5, 0.6) is 0 Å². The Kier molecular flexibility index (Phi) is 45.1. The minimum Gasteiger partial charge on any atom is -0.751 e. The summed E-state index contributed by atoms with van der Waals surface area (Å²) >= 11 is 0. The van der Waals surface area contributed by atoms with Gasteiger partial charge in [0.2, 0.25) is 0 Å². The van der Waals surface area contributed by atoms with Crippen molar-refractivity contribution in [3.8, 4) is 0 Å². The molecule has 38 heteroatoms. The van der Waals surface area contributed by atoms with Crippen LogP contribution >= 0.6 is 47.4 Å². The minimum absolute atomic E-state index is 0. The summed E-state index contributed by atoms with van der Waals surface area (Å²) in [4.78, 5) is 53.3. The molecule has 0 aliphatic rings. The maximum Gasteiger partial charge on any atom is 1.00 e. The molecule has 0 rings (SSSR count). The van der Waals surface area contributed by atoms with E-state index in [0.717, 1.165) is 0 Å². The Morgan fingerprint density at radius 2 is 0.395 bits per heavy atom. The Balaban J connectivity index is -0.0000000469. The first-order valence-corrected chi connectivity index (χ1v) is 14.0. The predicted octanol–water partition coefficient (Wildman–Crippen LogP) is -3.52. The van der Waals surface area contributed by atoms with Gasteiger partial charge in [0.15, 0.2) is 0 Å². The molecule has 0 bridgehead atoms. The van der Waals surface area contributed by atoms with Gasteiger partial charge in [-0.1, -0.05) is 0 Å². The van der Waals surface area contributed by atoms with Crippen LogP contribution in [-0.2, 0) is 74.0 Å². The molecule has 6 unspecified atom stereocenters. The van der Waals surface area contributed by atoms with Crippen molar-refractivity contribution in [1.82, 2.24) is 0 Å². The molecule has 0 fully saturated rings. The van der Waals surface area contributed by atoms with E-state index in [0.29, 0.717) is 0 Å². The predicted molar refractivity (Wildman–Crippen MR) is 74.6 cm³/mol. The topological polar surface area (TPSA) is 418 Å². The van der Waals surface area contributed by atoms with Gasteiger partial charge >= 0.3 is 77.0 Å². The Bertz CT molecular complexity index is 614. The van der Waals surface area contributed by atoms with Crippen LogP contribution in [0, 0.1) is 0 Å². The van der Waals surface area contributed by atoms with Crippen LogP contribution in [-0.4, -0.2) is 31.5 Å². The second-order valence-electron chi connectivity index (χ2n) is 3.07. The standard InChI is InChI=1S/6FH2O4P.Na.V/c6*1-6(3,4)5-2;;/h6*2H,(H,3,4);;/q;;;;;;+1;/p-6. The third-order valence-corrected chi connectivity index (χ3v) is 1.76. The van der Waals surface area contributed by atoms with E-state index in [1.165, 1.54) is 0 Å². The van der Waals surface area contributed by atoms with Crippen LogP contribution in [0.15, 0.2) is 0 Å². The molecule has 0 aromatic carbocycles. The molecule has 233 valence electrons. The molecular weight excluding hydrogens is 758 g/mol. The summed E-state index contributed by atoms with van der Waals surface area (Å²) in [5.74, 6) is 0. The monoisotopic (exact) mass is 764 g/mol. The Morgan fingerprint density at radius 1 is 0.368 bits per heavy atom. The van der Waals surface area contributed by atoms with Crippen LogP contribution < -0.4 is 58.9 Å². The number of rotatable bonds is 6. The summed E-state index contributed by atoms with van der Waals surface area (Å²) in [7, 11) is -32.0. The SMILES string of the molecule is O=P([O-])(F)OO.O=P([O-])(F)OO.O=P([O-])(F)OO.O=P([O-])(F)OO.O=P([O-])(F)OO.O=P([O-])(F)OO.[Na+].[V]. The molecule has 0 spiro atoms. The molecule has 24 nitrogen and oxygen atoms in total. The van der Waals surface area contributed by atoms with Crippen molar-refractivity contribution in [2.75, 3.05) is 0 Å². The molecular formula is H6F6NaO24P6V-5. The van der Waals surface area contributed by atoms with Crippen molar-refractivity contribution in [3.05, 3.63) is 0 Å². The zero-order valence-corrected chi connectivity index (χ0v) is 25.2. The number of hydrogen-bond acceptors (Lipinski definition) is 24. The maximum atomic E-state index is 10.6. The Morgan fingerprint density at radius 3 is 0.395 bits per heavy atom. The third kappa shape index (κ3) is 131. The average molecular weight is 764 g/mol. The second-order valence-corrected chi connectivity index (χ2v) is 9.22. The largest absolute Gasteiger partial charge is 1.00 e. The van der Waals surface area contributed by atoms with Gasteiger partial charge in [0, 0.05) is 18.6 Å². The van der Waals surface area contributed by atoms with E-state index in [1.807, 2.05) is 0 Å². The van der Waals surface area contributed by atoms with Gasteiger partial charge in [-0.3, -0.25) is 27.4 Å². The first-order chi connectivity index (χ1) is 15.4. The molecule has 0 aliphatic carbocycles. The van der Waals surface area contributed by atoms with E-state index >= 15 is 0 Å². The van der Waals surface area contributed by atoms with Crippen LogP contribution in [0.3, 0.4) is 0 Å². The maximum absolute atomic E-state index is 10.6. The Hall–Kier alpha value is 1.82. The molecule has 0 saturated heterocycles. The van der Waals surface area contributed by atoms with Crippen molar-refractivity contribution >= 4 is 47.4 Å².